The van der Waals surface area contributed by atoms with E-state index in [2.05, 4.69) is 48.4 Å². The molecule has 2 aromatic rings. The Morgan fingerprint density at radius 2 is 2.11 bits per heavy atom. The Bertz CT molecular complexity index is 473. The van der Waals surface area contributed by atoms with Crippen molar-refractivity contribution in [2.45, 2.75) is 52.1 Å². The third-order valence-corrected chi connectivity index (χ3v) is 3.51. The number of aromatic nitrogens is 1. The zero-order valence-corrected chi connectivity index (χ0v) is 11.5. The smallest absolute Gasteiger partial charge is 0.0457 e. The number of fused-ring (bicyclic) bond motifs is 1. The van der Waals surface area contributed by atoms with Gasteiger partial charge in [-0.05, 0) is 36.4 Å². The van der Waals surface area contributed by atoms with Crippen molar-refractivity contribution in [1.29, 1.82) is 0 Å². The normalized spacial score (nSPS) is 13.0. The fraction of sp³-hybridized carbons (Fsp3) is 0.500. The van der Waals surface area contributed by atoms with Crippen molar-refractivity contribution in [2.24, 2.45) is 0 Å². The van der Waals surface area contributed by atoms with Crippen LogP contribution in [0.1, 0.15) is 45.1 Å². The van der Waals surface area contributed by atoms with Gasteiger partial charge in [0.25, 0.3) is 0 Å². The molecular weight excluding hydrogens is 220 g/mol. The van der Waals surface area contributed by atoms with Gasteiger partial charge in [0.15, 0.2) is 0 Å². The largest absolute Gasteiger partial charge is 0.361 e. The highest BCUT2D eigenvalue weighted by atomic mass is 14.9. The minimum Gasteiger partial charge on any atom is -0.361 e. The lowest BCUT2D eigenvalue weighted by atomic mass is 10.1. The van der Waals surface area contributed by atoms with Crippen molar-refractivity contribution >= 4 is 10.9 Å². The van der Waals surface area contributed by atoms with E-state index in [-0.39, 0.29) is 0 Å². The van der Waals surface area contributed by atoms with Crippen LogP contribution < -0.4 is 5.32 Å². The lowest BCUT2D eigenvalue weighted by Crippen LogP contribution is -2.25. The van der Waals surface area contributed by atoms with Gasteiger partial charge in [0.1, 0.15) is 0 Å². The first-order chi connectivity index (χ1) is 8.79. The van der Waals surface area contributed by atoms with Crippen LogP contribution in [0.3, 0.4) is 0 Å². The minimum atomic E-state index is 0.607. The van der Waals surface area contributed by atoms with Crippen molar-refractivity contribution in [2.75, 3.05) is 0 Å². The summed E-state index contributed by atoms with van der Waals surface area (Å²) in [5, 5.41) is 4.89. The molecule has 1 heterocycles. The third kappa shape index (κ3) is 3.61. The van der Waals surface area contributed by atoms with E-state index in [1.165, 1.54) is 42.1 Å². The minimum absolute atomic E-state index is 0.607. The number of H-pyrrole nitrogens is 1. The van der Waals surface area contributed by atoms with Crippen LogP contribution in [0.4, 0.5) is 0 Å². The average Bonchev–Trinajstić information content (AvgIpc) is 2.84. The fourth-order valence-corrected chi connectivity index (χ4v) is 2.30. The Hall–Kier alpha value is -1.28. The first-order valence-corrected chi connectivity index (χ1v) is 7.09. The molecule has 0 saturated carbocycles. The Kier molecular flexibility index (Phi) is 4.82. The van der Waals surface area contributed by atoms with Crippen molar-refractivity contribution in [3.8, 4) is 0 Å². The number of unbranched alkanes of at least 4 members (excludes halogenated alkanes) is 2. The molecule has 18 heavy (non-hydrogen) atoms. The fourth-order valence-electron chi connectivity index (χ4n) is 2.30. The molecule has 1 atom stereocenters. The van der Waals surface area contributed by atoms with Gasteiger partial charge >= 0.3 is 0 Å². The summed E-state index contributed by atoms with van der Waals surface area (Å²) in [6.07, 6.45) is 7.25. The van der Waals surface area contributed by atoms with Gasteiger partial charge in [-0.3, -0.25) is 0 Å². The van der Waals surface area contributed by atoms with Crippen LogP contribution in [0, 0.1) is 0 Å². The van der Waals surface area contributed by atoms with Crippen LogP contribution in [0.25, 0.3) is 10.9 Å². The number of hydrogen-bond donors (Lipinski definition) is 2. The van der Waals surface area contributed by atoms with Crippen LogP contribution in [0.5, 0.6) is 0 Å². The van der Waals surface area contributed by atoms with E-state index in [0.29, 0.717) is 6.04 Å². The molecule has 0 aliphatic heterocycles. The van der Waals surface area contributed by atoms with Gasteiger partial charge in [0.2, 0.25) is 0 Å². The molecule has 2 N–H and O–H groups in total. The lowest BCUT2D eigenvalue weighted by molar-refractivity contribution is 0.487. The molecule has 98 valence electrons. The van der Waals surface area contributed by atoms with E-state index >= 15 is 0 Å². The Morgan fingerprint density at radius 3 is 2.94 bits per heavy atom. The highest BCUT2D eigenvalue weighted by molar-refractivity contribution is 5.79. The summed E-state index contributed by atoms with van der Waals surface area (Å²) in [5.41, 5.74) is 2.58. The molecular formula is C16H24N2. The molecule has 2 nitrogen and oxygen atoms in total. The summed E-state index contributed by atoms with van der Waals surface area (Å²) in [6, 6.07) is 9.35. The van der Waals surface area contributed by atoms with Gasteiger partial charge in [-0.1, -0.05) is 38.3 Å². The van der Waals surface area contributed by atoms with E-state index in [1.807, 2.05) is 6.20 Å². The van der Waals surface area contributed by atoms with Gasteiger partial charge < -0.3 is 10.3 Å². The number of benzene rings is 1. The quantitative estimate of drug-likeness (QED) is 0.701. The molecule has 0 spiro atoms. The summed E-state index contributed by atoms with van der Waals surface area (Å²) in [6.45, 7) is 5.49. The van der Waals surface area contributed by atoms with Crippen molar-refractivity contribution in [3.05, 3.63) is 36.0 Å². The molecule has 2 rings (SSSR count). The molecule has 0 bridgehead atoms. The molecule has 0 fully saturated rings. The predicted molar refractivity (Wildman–Crippen MR) is 78.7 cm³/mol. The Labute approximate surface area is 110 Å². The first-order valence-electron chi connectivity index (χ1n) is 7.09. The summed E-state index contributed by atoms with van der Waals surface area (Å²) >= 11 is 0. The summed E-state index contributed by atoms with van der Waals surface area (Å²) in [4.78, 5) is 3.26. The van der Waals surface area contributed by atoms with E-state index in [1.54, 1.807) is 0 Å². The van der Waals surface area contributed by atoms with Crippen LogP contribution in [0.2, 0.25) is 0 Å². The standard InChI is InChI=1S/C16H24N2/c1-3-4-5-6-13(2)18-12-14-7-8-15-9-10-17-16(15)11-14/h7-11,13,17-18H,3-6,12H2,1-2H3. The molecule has 0 amide bonds. The van der Waals surface area contributed by atoms with Gasteiger partial charge in [-0.15, -0.1) is 0 Å². The second-order valence-electron chi connectivity index (χ2n) is 5.18. The number of aromatic amines is 1. The maximum absolute atomic E-state index is 3.60. The lowest BCUT2D eigenvalue weighted by Gasteiger charge is -2.13. The van der Waals surface area contributed by atoms with Gasteiger partial charge in [-0.25, -0.2) is 0 Å². The molecule has 0 aliphatic rings. The topological polar surface area (TPSA) is 27.8 Å². The van der Waals surface area contributed by atoms with Crippen LogP contribution in [-0.2, 0) is 6.54 Å². The van der Waals surface area contributed by atoms with Crippen molar-refractivity contribution in [1.82, 2.24) is 10.3 Å². The predicted octanol–water partition coefficient (Wildman–Crippen LogP) is 4.23. The van der Waals surface area contributed by atoms with Gasteiger partial charge in [0, 0.05) is 24.3 Å². The monoisotopic (exact) mass is 244 g/mol. The number of rotatable bonds is 7. The number of nitrogens with one attached hydrogen (secondary N) is 2. The van der Waals surface area contributed by atoms with Crippen LogP contribution >= 0.6 is 0 Å². The molecule has 1 aromatic heterocycles. The first kappa shape index (κ1) is 13.2. The maximum Gasteiger partial charge on any atom is 0.0457 e. The van der Waals surface area contributed by atoms with Gasteiger partial charge in [0.05, 0.1) is 0 Å². The molecule has 0 saturated heterocycles. The highest BCUT2D eigenvalue weighted by Crippen LogP contribution is 2.14. The van der Waals surface area contributed by atoms with E-state index < -0.39 is 0 Å². The van der Waals surface area contributed by atoms with Crippen molar-refractivity contribution < 1.29 is 0 Å². The molecule has 0 aliphatic carbocycles. The molecule has 0 radical (unpaired) electrons. The zero-order chi connectivity index (χ0) is 12.8. The second-order valence-corrected chi connectivity index (χ2v) is 5.18. The average molecular weight is 244 g/mol. The summed E-state index contributed by atoms with van der Waals surface area (Å²) in [7, 11) is 0. The Morgan fingerprint density at radius 1 is 1.22 bits per heavy atom. The van der Waals surface area contributed by atoms with Crippen LogP contribution in [0.15, 0.2) is 30.5 Å². The summed E-state index contributed by atoms with van der Waals surface area (Å²) < 4.78 is 0. The third-order valence-electron chi connectivity index (χ3n) is 3.51. The van der Waals surface area contributed by atoms with Crippen molar-refractivity contribution in [3.63, 3.8) is 0 Å². The van der Waals surface area contributed by atoms with E-state index in [0.717, 1.165) is 6.54 Å². The molecule has 2 heteroatoms. The molecule has 1 unspecified atom stereocenters. The highest BCUT2D eigenvalue weighted by Gasteiger charge is 2.02. The van der Waals surface area contributed by atoms with E-state index in [9.17, 15) is 0 Å². The SMILES string of the molecule is CCCCCC(C)NCc1ccc2cc[nH]c2c1. The summed E-state index contributed by atoms with van der Waals surface area (Å²) in [5.74, 6) is 0. The van der Waals surface area contributed by atoms with Crippen LogP contribution in [-0.4, -0.2) is 11.0 Å². The van der Waals surface area contributed by atoms with Gasteiger partial charge in [-0.2, -0.15) is 0 Å². The number of hydrogen-bond acceptors (Lipinski definition) is 1. The van der Waals surface area contributed by atoms with E-state index in [4.69, 9.17) is 0 Å². The molecule has 1 aromatic carbocycles. The maximum atomic E-state index is 3.60. The Balaban J connectivity index is 1.81. The zero-order valence-electron chi connectivity index (χ0n) is 11.5. The second kappa shape index (κ2) is 6.60.